The van der Waals surface area contributed by atoms with Crippen LogP contribution in [0.25, 0.3) is 44.1 Å². The maximum absolute atomic E-state index is 13.7. The maximum Gasteiger partial charge on any atom is 0.337 e. The number of nitrogens with zero attached hydrogens (tertiary/aromatic N) is 8. The Morgan fingerprint density at radius 1 is 0.528 bits per heavy atom. The Kier molecular flexibility index (Phi) is 15.2. The number of rotatable bonds is 11. The summed E-state index contributed by atoms with van der Waals surface area (Å²) in [6.07, 6.45) is 10.1. The molecule has 0 unspecified atom stereocenters. The maximum atomic E-state index is 13.7. The van der Waals surface area contributed by atoms with Crippen LogP contribution in [0.15, 0.2) is 146 Å². The molecule has 4 amide bonds. The van der Waals surface area contributed by atoms with Gasteiger partial charge in [-0.05, 0) is 120 Å². The third-order valence-corrected chi connectivity index (χ3v) is 13.7. The fourth-order valence-corrected chi connectivity index (χ4v) is 9.55. The molecule has 0 atom stereocenters. The summed E-state index contributed by atoms with van der Waals surface area (Å²) in [5.74, 6) is -0.471. The van der Waals surface area contributed by atoms with E-state index >= 15 is 0 Å². The molecule has 0 spiro atoms. The highest BCUT2D eigenvalue weighted by molar-refractivity contribution is 5.98. The molecule has 14 heteroatoms. The minimum atomic E-state index is -0.374. The number of methoxy groups -OCH3 is 1. The first-order valence-corrected chi connectivity index (χ1v) is 24.7. The van der Waals surface area contributed by atoms with E-state index in [1.807, 2.05) is 104 Å². The number of hydrogen-bond donors (Lipinski definition) is 1. The van der Waals surface area contributed by atoms with Crippen molar-refractivity contribution in [1.29, 1.82) is 0 Å². The highest BCUT2D eigenvalue weighted by Gasteiger charge is 2.26. The van der Waals surface area contributed by atoms with Gasteiger partial charge in [-0.3, -0.25) is 24.0 Å². The zero-order valence-electron chi connectivity index (χ0n) is 41.2. The molecule has 0 bridgehead atoms. The summed E-state index contributed by atoms with van der Waals surface area (Å²) in [5.41, 5.74) is 16.5. The fourth-order valence-electron chi connectivity index (χ4n) is 9.55. The van der Waals surface area contributed by atoms with Gasteiger partial charge in [0, 0.05) is 68.0 Å². The quantitative estimate of drug-likeness (QED) is 0.0993. The summed E-state index contributed by atoms with van der Waals surface area (Å²) in [6, 6.07) is 43.5. The summed E-state index contributed by atoms with van der Waals surface area (Å²) in [7, 11) is 5.25. The van der Waals surface area contributed by atoms with E-state index in [-0.39, 0.29) is 30.4 Å². The lowest BCUT2D eigenvalue weighted by atomic mass is 10.0. The second-order valence-electron chi connectivity index (χ2n) is 18.5. The molecule has 8 aromatic rings. The predicted octanol–water partition coefficient (Wildman–Crippen LogP) is 10.6. The van der Waals surface area contributed by atoms with Gasteiger partial charge < -0.3 is 20.3 Å². The zero-order valence-corrected chi connectivity index (χ0v) is 41.2. The second kappa shape index (κ2) is 22.3. The second-order valence-corrected chi connectivity index (χ2v) is 18.5. The van der Waals surface area contributed by atoms with Crippen molar-refractivity contribution in [1.82, 2.24) is 29.4 Å². The molecule has 2 aliphatic rings. The molecule has 2 N–H and O–H groups in total. The first-order valence-electron chi connectivity index (χ1n) is 24.7. The number of hydrogen-bond acceptors (Lipinski definition) is 8. The third-order valence-electron chi connectivity index (χ3n) is 13.7. The summed E-state index contributed by atoms with van der Waals surface area (Å²) in [5, 5.41) is 10.9. The molecule has 6 aromatic carbocycles. The molecule has 0 saturated carbocycles. The number of carbonyl (C=O) groups is 4. The smallest absolute Gasteiger partial charge is 0.337 e. The number of fused-ring (bicyclic) bond motifs is 2. The van der Waals surface area contributed by atoms with E-state index in [0.717, 1.165) is 131 Å². The van der Waals surface area contributed by atoms with Gasteiger partial charge in [0.1, 0.15) is 0 Å². The van der Waals surface area contributed by atoms with Crippen molar-refractivity contribution in [2.75, 3.05) is 49.6 Å². The van der Waals surface area contributed by atoms with Crippen molar-refractivity contribution in [3.05, 3.63) is 168 Å². The Morgan fingerprint density at radius 2 is 0.944 bits per heavy atom. The topological polar surface area (TPSA) is 152 Å². The van der Waals surface area contributed by atoms with Crippen LogP contribution in [0.5, 0.6) is 0 Å². The molecule has 14 nitrogen and oxygen atoms in total. The van der Waals surface area contributed by atoms with Crippen LogP contribution in [-0.2, 0) is 31.9 Å². The largest absolute Gasteiger partial charge is 0.465 e. The lowest BCUT2D eigenvalue weighted by molar-refractivity contribution is 0.0600. The summed E-state index contributed by atoms with van der Waals surface area (Å²) in [6.45, 7) is 3.89. The van der Waals surface area contributed by atoms with Gasteiger partial charge in [0.25, 0.3) is 0 Å². The Hall–Kier alpha value is -8.10. The normalized spacial score (nSPS) is 13.6. The van der Waals surface area contributed by atoms with Crippen LogP contribution in [0.1, 0.15) is 70.4 Å². The van der Waals surface area contributed by atoms with Crippen LogP contribution in [0.4, 0.5) is 21.0 Å². The molecular weight excluding hydrogens is 903 g/mol. The first kappa shape index (κ1) is 48.9. The van der Waals surface area contributed by atoms with Crippen LogP contribution < -0.4 is 15.5 Å². The van der Waals surface area contributed by atoms with Gasteiger partial charge in [0.05, 0.1) is 55.7 Å². The Balaban J connectivity index is 0.000000178. The summed E-state index contributed by atoms with van der Waals surface area (Å²) >= 11 is 0. The number of esters is 1. The highest BCUT2D eigenvalue weighted by atomic mass is 16.5. The van der Waals surface area contributed by atoms with Gasteiger partial charge in [-0.15, -0.1) is 0 Å². The number of amides is 4. The van der Waals surface area contributed by atoms with E-state index in [0.29, 0.717) is 24.2 Å². The standard InChI is InChI=1S/C29H31N5O2.C29H30N4O3/c1-32-27-17-24(12-13-25(27)19-31-32)23-6-5-7-26(16-23)34(29(36)33-14-3-2-4-15-33)20-21-8-10-22(11-9-21)28(35)18-30;1-31-27-18-24(13-14-25(27)19-30-31)23-7-6-8-26(17-23)33(29(35)32-15-4-3-5-16-32)20-21-9-11-22(12-10-21)28(34)36-2/h5-13,16-17,19H,2-4,14-15,18,20,30H2,1H3;6-14,17-19H,3-5,15-16,20H2,1-2H3. The number of aromatic nitrogens is 4. The number of urea groups is 2. The molecule has 10 rings (SSSR count). The molecule has 72 heavy (non-hydrogen) atoms. The van der Waals surface area contributed by atoms with E-state index in [2.05, 4.69) is 70.9 Å². The monoisotopic (exact) mass is 963 g/mol. The van der Waals surface area contributed by atoms with Crippen molar-refractivity contribution in [3.8, 4) is 22.3 Å². The minimum Gasteiger partial charge on any atom is -0.465 e. The van der Waals surface area contributed by atoms with E-state index < -0.39 is 0 Å². The van der Waals surface area contributed by atoms with Crippen molar-refractivity contribution in [2.24, 2.45) is 19.8 Å². The summed E-state index contributed by atoms with van der Waals surface area (Å²) in [4.78, 5) is 58.8. The van der Waals surface area contributed by atoms with Crippen LogP contribution in [0.3, 0.4) is 0 Å². The number of likely N-dealkylation sites (tertiary alicyclic amines) is 2. The molecule has 0 radical (unpaired) electrons. The van der Waals surface area contributed by atoms with Crippen molar-refractivity contribution < 1.29 is 23.9 Å². The van der Waals surface area contributed by atoms with Crippen LogP contribution >= 0.6 is 0 Å². The number of carbonyl (C=O) groups excluding carboxylic acids is 4. The highest BCUT2D eigenvalue weighted by Crippen LogP contribution is 2.32. The van der Waals surface area contributed by atoms with Crippen LogP contribution in [-0.4, -0.2) is 93.0 Å². The molecule has 2 aromatic heterocycles. The summed E-state index contributed by atoms with van der Waals surface area (Å²) < 4.78 is 8.55. The minimum absolute atomic E-state index is 0.00554. The van der Waals surface area contributed by atoms with Gasteiger partial charge in [0.2, 0.25) is 0 Å². The number of ketones is 1. The van der Waals surface area contributed by atoms with Gasteiger partial charge in [-0.1, -0.05) is 84.9 Å². The Morgan fingerprint density at radius 3 is 1.36 bits per heavy atom. The van der Waals surface area contributed by atoms with E-state index in [9.17, 15) is 19.2 Å². The van der Waals surface area contributed by atoms with Crippen molar-refractivity contribution >= 4 is 57.0 Å². The number of ether oxygens (including phenoxy) is 1. The zero-order chi connectivity index (χ0) is 50.1. The predicted molar refractivity (Wildman–Crippen MR) is 284 cm³/mol. The van der Waals surface area contributed by atoms with Gasteiger partial charge in [0.15, 0.2) is 5.78 Å². The van der Waals surface area contributed by atoms with Crippen LogP contribution in [0.2, 0.25) is 0 Å². The van der Waals surface area contributed by atoms with Gasteiger partial charge >= 0.3 is 18.0 Å². The Labute approximate surface area is 420 Å². The molecule has 0 aliphatic carbocycles. The number of Topliss-reactive ketones (excluding diaryl/α,β-unsaturated/α-hetero) is 1. The number of aryl methyl sites for hydroxylation is 2. The van der Waals surface area contributed by atoms with Gasteiger partial charge in [-0.25, -0.2) is 14.4 Å². The van der Waals surface area contributed by atoms with Gasteiger partial charge in [-0.2, -0.15) is 10.2 Å². The van der Waals surface area contributed by atoms with E-state index in [4.69, 9.17) is 10.5 Å². The number of benzene rings is 6. The van der Waals surface area contributed by atoms with Crippen molar-refractivity contribution in [3.63, 3.8) is 0 Å². The third kappa shape index (κ3) is 11.1. The Bertz CT molecular complexity index is 2990. The fraction of sp³-hybridized carbons (Fsp3) is 0.276. The molecular formula is C58H61N9O5. The van der Waals surface area contributed by atoms with E-state index in [1.165, 1.54) is 7.11 Å². The lowest BCUT2D eigenvalue weighted by Crippen LogP contribution is -2.45. The molecule has 2 aliphatic heterocycles. The first-order chi connectivity index (χ1) is 35.1. The lowest BCUT2D eigenvalue weighted by Gasteiger charge is -2.33. The molecule has 2 saturated heterocycles. The number of anilines is 2. The molecule has 368 valence electrons. The van der Waals surface area contributed by atoms with Crippen molar-refractivity contribution in [2.45, 2.75) is 51.6 Å². The van der Waals surface area contributed by atoms with E-state index in [1.54, 1.807) is 24.3 Å². The average molecular weight is 964 g/mol. The average Bonchev–Trinajstić information content (AvgIpc) is 4.01. The molecule has 4 heterocycles. The SMILES string of the molecule is COC(=O)c1ccc(CN(C(=O)N2CCCCC2)c2cccc(-c3ccc4cnn(C)c4c3)c2)cc1.Cn1ncc2ccc(-c3cccc(N(Cc4ccc(C(=O)CN)cc4)C(=O)N4CCCCC4)c3)cc21. The number of nitrogens with two attached hydrogens (primary N) is 1. The number of piperidine rings is 2. The van der Waals surface area contributed by atoms with Crippen LogP contribution in [0, 0.1) is 0 Å². The molecule has 2 fully saturated rings.